The van der Waals surface area contributed by atoms with E-state index in [0.717, 1.165) is 52.7 Å². The molecule has 0 spiro atoms. The molecule has 3 saturated carbocycles. The number of nitrogens with zero attached hydrogens (tertiary/aromatic N) is 6. The molecule has 0 amide bonds. The predicted octanol–water partition coefficient (Wildman–Crippen LogP) is 7.31. The van der Waals surface area contributed by atoms with Gasteiger partial charge in [0.05, 0.1) is 25.9 Å². The van der Waals surface area contributed by atoms with E-state index < -0.39 is 14.8 Å². The van der Waals surface area contributed by atoms with Gasteiger partial charge in [-0.05, 0) is 81.9 Å². The van der Waals surface area contributed by atoms with Gasteiger partial charge >= 0.3 is 22.5 Å². The molecule has 0 bridgehead atoms. The fourth-order valence-electron chi connectivity index (χ4n) is 3.81. The van der Waals surface area contributed by atoms with Gasteiger partial charge in [0.1, 0.15) is 22.5 Å². The van der Waals surface area contributed by atoms with Gasteiger partial charge in [-0.25, -0.2) is 29.9 Å². The van der Waals surface area contributed by atoms with Gasteiger partial charge in [0, 0.05) is 61.0 Å². The van der Waals surface area contributed by atoms with Gasteiger partial charge in [-0.3, -0.25) is 4.79 Å². The summed E-state index contributed by atoms with van der Waals surface area (Å²) in [6, 6.07) is 7.27. The number of nitrogens with one attached hydrogen (secondary N) is 2. The van der Waals surface area contributed by atoms with Gasteiger partial charge in [0.2, 0.25) is 0 Å². The van der Waals surface area contributed by atoms with Crippen molar-refractivity contribution in [1.29, 1.82) is 0 Å². The number of ether oxygens (including phenoxy) is 1. The Labute approximate surface area is 373 Å². The molecule has 7 rings (SSSR count). The molecule has 59 heavy (non-hydrogen) atoms. The van der Waals surface area contributed by atoms with Crippen molar-refractivity contribution in [2.45, 2.75) is 114 Å². The first kappa shape index (κ1) is 53.7. The van der Waals surface area contributed by atoms with Crippen LogP contribution in [0.1, 0.15) is 88.2 Å². The van der Waals surface area contributed by atoms with E-state index >= 15 is 0 Å². The number of carbonyl (C=O) groups excluding carboxylic acids is 1. The molecule has 0 unspecified atom stereocenters. The monoisotopic (exact) mass is 938 g/mol. The molecule has 8 N–H and O–H groups in total. The molecule has 21 heteroatoms. The van der Waals surface area contributed by atoms with Crippen molar-refractivity contribution in [3.63, 3.8) is 0 Å². The van der Waals surface area contributed by atoms with E-state index in [1.165, 1.54) is 67.2 Å². The molecule has 4 aromatic rings. The van der Waals surface area contributed by atoms with Crippen LogP contribution in [0.2, 0.25) is 5.15 Å². The van der Waals surface area contributed by atoms with Crippen molar-refractivity contribution >= 4 is 70.5 Å². The van der Waals surface area contributed by atoms with Crippen molar-refractivity contribution in [3.05, 3.63) is 64.2 Å². The third-order valence-electron chi connectivity index (χ3n) is 7.21. The number of thioether (sulfide) groups is 3. The molecule has 0 aliphatic heterocycles. The summed E-state index contributed by atoms with van der Waals surface area (Å²) in [4.78, 5) is 35.3. The van der Waals surface area contributed by atoms with E-state index in [2.05, 4.69) is 40.5 Å². The van der Waals surface area contributed by atoms with Gasteiger partial charge in [0.15, 0.2) is 21.8 Å². The average molecular weight is 940 g/mol. The molecule has 3 heterocycles. The van der Waals surface area contributed by atoms with Crippen LogP contribution in [0.5, 0.6) is 5.75 Å². The van der Waals surface area contributed by atoms with Crippen LogP contribution < -0.4 is 26.8 Å². The van der Waals surface area contributed by atoms with Crippen LogP contribution in [0, 0.1) is 6.92 Å². The average Bonchev–Trinajstić information content (AvgIpc) is 4.10. The quantitative estimate of drug-likeness (QED) is 0.0215. The Morgan fingerprint density at radius 3 is 1.69 bits per heavy atom. The molecule has 0 radical (unpaired) electrons. The van der Waals surface area contributed by atoms with Gasteiger partial charge in [-0.1, -0.05) is 68.1 Å². The summed E-state index contributed by atoms with van der Waals surface area (Å²) in [6.07, 6.45) is 18.5. The van der Waals surface area contributed by atoms with Crippen LogP contribution in [-0.2, 0) is 35.7 Å². The Morgan fingerprint density at radius 2 is 1.31 bits per heavy atom. The van der Waals surface area contributed by atoms with E-state index in [1.807, 2.05) is 37.8 Å². The van der Waals surface area contributed by atoms with E-state index in [0.29, 0.717) is 57.4 Å². The first-order valence-corrected chi connectivity index (χ1v) is 22.8. The zero-order valence-electron chi connectivity index (χ0n) is 34.5. The molecule has 3 aromatic heterocycles. The predicted molar refractivity (Wildman–Crippen MR) is 236 cm³/mol. The summed E-state index contributed by atoms with van der Waals surface area (Å²) in [5, 5.41) is 26.7. The number of aromatic nitrogens is 6. The summed E-state index contributed by atoms with van der Waals surface area (Å²) in [7, 11) is 1.63. The van der Waals surface area contributed by atoms with Crippen LogP contribution in [0.15, 0.2) is 52.3 Å². The molecular formula is C38H59ClMnN10O6S3. The maximum absolute atomic E-state index is 10.7. The first-order chi connectivity index (χ1) is 28.4. The number of rotatable bonds is 11. The van der Waals surface area contributed by atoms with Crippen LogP contribution in [0.4, 0.5) is 17.3 Å². The van der Waals surface area contributed by atoms with Crippen molar-refractivity contribution < 1.29 is 43.6 Å². The van der Waals surface area contributed by atoms with Gasteiger partial charge in [0.25, 0.3) is 0 Å². The summed E-state index contributed by atoms with van der Waals surface area (Å²) < 4.78 is 28.0. The van der Waals surface area contributed by atoms with E-state index in [9.17, 15) is 4.79 Å². The number of halogens is 1. The van der Waals surface area contributed by atoms with Crippen LogP contribution in [-0.4, -0.2) is 90.4 Å². The van der Waals surface area contributed by atoms with Gasteiger partial charge < -0.3 is 37.1 Å². The number of hydrogen-bond acceptors (Lipinski definition) is 19. The third kappa shape index (κ3) is 24.5. The number of methoxy groups -OCH3 is 1. The number of aliphatic hydroxyl groups is 2. The van der Waals surface area contributed by atoms with Crippen LogP contribution >= 0.6 is 46.9 Å². The number of aldehydes is 1. The summed E-state index contributed by atoms with van der Waals surface area (Å²) in [6.45, 7) is 4.15. The molecule has 3 aliphatic rings. The zero-order valence-corrected chi connectivity index (χ0v) is 37.9. The van der Waals surface area contributed by atoms with Crippen molar-refractivity contribution in [1.82, 2.24) is 29.9 Å². The van der Waals surface area contributed by atoms with Crippen LogP contribution in [0.25, 0.3) is 0 Å². The van der Waals surface area contributed by atoms with Gasteiger partial charge in [-0.15, -0.1) is 0 Å². The Morgan fingerprint density at radius 1 is 0.864 bits per heavy atom. The van der Waals surface area contributed by atoms with Crippen molar-refractivity contribution in [2.75, 3.05) is 42.2 Å². The minimum atomic E-state index is -1.44. The standard InChI is InChI=1S/C9H13N3OS.C9H11N3OS.C8H11NO.C6H7ClN2OS.C3H7N.C2H6.CH4.Mn.2O/c2*1-14-9-10-4-6(5-13)8(12-9)11-7-2-3-7;1-6-3-7(9)5-8(4-6)10-2;1-11-6-8-2-4(3-10)5(7)9-6;4-3-1-2-3;1-2;;;;/h4,7,13H,2-3,5H2,1H3,(H,10,11,12);4-5,7H,2-3H2,1H3,(H,10,11,12);3-5H,9H2,1-2H3;2,10H,3H2,1H3;3H,1-2,4H2;1-2H3;1H4;;;/i;;;;;1D;;;;. The molecular weight excluding hydrogens is 879 g/mol. The number of nitrogens with two attached hydrogens (primary N) is 2. The molecule has 3 fully saturated rings. The molecule has 16 nitrogen and oxygen atoms in total. The number of aryl methyl sites for hydroxylation is 1. The SMILES string of the molecule is C.COc1cc(C)cc(N)c1.CSc1ncc(C=O)c(NC2CC2)n1.CSc1ncc(CO)c(Cl)n1.CSc1ncc(CO)c(NC2CC2)n1.NC1CC1.[2H]CC.[O]=[Mn]=[O]. The number of nitrogen functional groups attached to an aromatic ring is 1. The number of benzene rings is 1. The molecule has 0 atom stereocenters. The maximum atomic E-state index is 10.7. The topological polar surface area (TPSA) is 254 Å². The normalized spacial score (nSPS) is 13.1. The van der Waals surface area contributed by atoms with Crippen molar-refractivity contribution in [2.24, 2.45) is 5.73 Å². The van der Waals surface area contributed by atoms with Crippen LogP contribution in [0.3, 0.4) is 0 Å². The van der Waals surface area contributed by atoms with E-state index in [-0.39, 0.29) is 20.6 Å². The zero-order chi connectivity index (χ0) is 44.2. The van der Waals surface area contributed by atoms with E-state index in [1.54, 1.807) is 32.5 Å². The third-order valence-corrected chi connectivity index (χ3v) is 9.22. The van der Waals surface area contributed by atoms with Gasteiger partial charge in [-0.2, -0.15) is 0 Å². The number of anilines is 3. The number of carbonyl (C=O) groups is 1. The minimum absolute atomic E-state index is 0. The summed E-state index contributed by atoms with van der Waals surface area (Å²) >= 11 is 8.64. The second kappa shape index (κ2) is 32.4. The fraction of sp³-hybridized carbons (Fsp3) is 0.500. The summed E-state index contributed by atoms with van der Waals surface area (Å²) in [5.41, 5.74) is 14.5. The van der Waals surface area contributed by atoms with Crippen molar-refractivity contribution in [3.8, 4) is 5.75 Å². The summed E-state index contributed by atoms with van der Waals surface area (Å²) in [5.74, 6) is 2.27. The Balaban J connectivity index is 0.000000719. The number of hydrogen-bond donors (Lipinski definition) is 6. The second-order valence-electron chi connectivity index (χ2n) is 12.0. The molecule has 3 aliphatic carbocycles. The fourth-order valence-corrected chi connectivity index (χ4v) is 5.07. The van der Waals surface area contributed by atoms with E-state index in [4.69, 9.17) is 47.1 Å². The second-order valence-corrected chi connectivity index (χ2v) is 14.9. The number of aliphatic hydroxyl groups excluding tert-OH is 2. The molecule has 1 aromatic carbocycles. The molecule has 329 valence electrons. The molecule has 0 saturated heterocycles. The first-order valence-electron chi connectivity index (χ1n) is 18.5. The Bertz CT molecular complexity index is 1850. The Kier molecular flexibility index (Phi) is 29.5. The Hall–Kier alpha value is -3.33.